The van der Waals surface area contributed by atoms with Crippen molar-refractivity contribution in [2.24, 2.45) is 0 Å². The number of para-hydroxylation sites is 2. The second-order valence-corrected chi connectivity index (χ2v) is 10.9. The Kier molecular flexibility index (Phi) is 6.18. The minimum atomic E-state index is -3.78. The number of aliphatic hydroxyl groups is 1. The van der Waals surface area contributed by atoms with Gasteiger partial charge in [-0.15, -0.1) is 0 Å². The second-order valence-electron chi connectivity index (χ2n) is 8.80. The van der Waals surface area contributed by atoms with E-state index in [1.165, 1.54) is 23.3 Å². The average molecular weight is 483 g/mol. The highest BCUT2D eigenvalue weighted by Crippen LogP contribution is 2.41. The van der Waals surface area contributed by atoms with Crippen LogP contribution < -0.4 is 9.62 Å². The second kappa shape index (κ2) is 9.11. The maximum atomic E-state index is 13.0. The quantitative estimate of drug-likeness (QED) is 0.558. The Labute approximate surface area is 200 Å². The van der Waals surface area contributed by atoms with Crippen molar-refractivity contribution in [3.8, 4) is 0 Å². The predicted molar refractivity (Wildman–Crippen MR) is 132 cm³/mol. The van der Waals surface area contributed by atoms with E-state index < -0.39 is 22.2 Å². The van der Waals surface area contributed by atoms with Crippen LogP contribution in [0, 0.1) is 0 Å². The van der Waals surface area contributed by atoms with Crippen molar-refractivity contribution in [2.45, 2.75) is 55.2 Å². The maximum Gasteiger partial charge on any atom is 0.240 e. The number of rotatable bonds is 4. The Morgan fingerprint density at radius 3 is 2.03 bits per heavy atom. The van der Waals surface area contributed by atoms with E-state index >= 15 is 0 Å². The number of sulfonamides is 1. The van der Waals surface area contributed by atoms with E-state index in [0.717, 1.165) is 37.1 Å². The largest absolute Gasteiger partial charge is 0.389 e. The molecule has 172 valence electrons. The van der Waals surface area contributed by atoms with Gasteiger partial charge >= 0.3 is 0 Å². The first-order valence-corrected chi connectivity index (χ1v) is 13.2. The Hall–Kier alpha value is -2.38. The molecular weight excluding hydrogens is 456 g/mol. The summed E-state index contributed by atoms with van der Waals surface area (Å²) < 4.78 is 28.8. The van der Waals surface area contributed by atoms with Gasteiger partial charge < -0.3 is 10.0 Å². The molecular formula is C26H27ClN2O3S. The predicted octanol–water partition coefficient (Wildman–Crippen LogP) is 4.84. The molecule has 0 aromatic heterocycles. The van der Waals surface area contributed by atoms with Gasteiger partial charge in [0.05, 0.1) is 23.1 Å². The standard InChI is InChI=1S/C26H27ClN2O3S/c27-20-14-16-21(17-15-20)33(31,32)28-22-8-5-11-25(26(22)30)29-23-9-3-1-6-18(23)12-13-19-7-2-4-10-24(19)29/h1-4,6-7,9-10,14-17,22,25-26,28,30H,5,8,11-13H2/t22-,25?,26+/m1/s1. The molecule has 0 bridgehead atoms. The molecule has 1 aliphatic heterocycles. The van der Waals surface area contributed by atoms with Crippen molar-refractivity contribution < 1.29 is 13.5 Å². The fourth-order valence-electron chi connectivity index (χ4n) is 5.12. The van der Waals surface area contributed by atoms with Crippen molar-refractivity contribution >= 4 is 33.0 Å². The molecule has 3 aromatic rings. The molecule has 2 aliphatic rings. The van der Waals surface area contributed by atoms with E-state index in [4.69, 9.17) is 11.6 Å². The van der Waals surface area contributed by atoms with Gasteiger partial charge in [0.1, 0.15) is 0 Å². The molecule has 1 fully saturated rings. The van der Waals surface area contributed by atoms with Gasteiger partial charge in [-0.05, 0) is 79.6 Å². The third kappa shape index (κ3) is 4.41. The first kappa shape index (κ1) is 22.4. The number of aryl methyl sites for hydroxylation is 2. The number of nitrogens with zero attached hydrogens (tertiary/aromatic N) is 1. The first-order chi connectivity index (χ1) is 15.9. The van der Waals surface area contributed by atoms with Crippen molar-refractivity contribution in [3.05, 3.63) is 88.9 Å². The van der Waals surface area contributed by atoms with Crippen molar-refractivity contribution in [1.29, 1.82) is 0 Å². The Bertz CT molecular complexity index is 1200. The third-order valence-electron chi connectivity index (χ3n) is 6.75. The highest BCUT2D eigenvalue weighted by atomic mass is 35.5. The molecule has 5 rings (SSSR count). The number of fused-ring (bicyclic) bond motifs is 2. The first-order valence-electron chi connectivity index (χ1n) is 11.3. The van der Waals surface area contributed by atoms with Crippen molar-refractivity contribution in [2.75, 3.05) is 4.90 Å². The Balaban J connectivity index is 1.48. The van der Waals surface area contributed by atoms with Gasteiger partial charge in [-0.3, -0.25) is 0 Å². The summed E-state index contributed by atoms with van der Waals surface area (Å²) in [4.78, 5) is 2.39. The van der Waals surface area contributed by atoms with Gasteiger partial charge in [0.2, 0.25) is 10.0 Å². The molecule has 2 N–H and O–H groups in total. The number of hydrogen-bond donors (Lipinski definition) is 2. The van der Waals surface area contributed by atoms with Crippen LogP contribution in [0.25, 0.3) is 0 Å². The molecule has 5 nitrogen and oxygen atoms in total. The molecule has 1 saturated carbocycles. The molecule has 1 aliphatic carbocycles. The zero-order valence-corrected chi connectivity index (χ0v) is 19.8. The molecule has 3 atom stereocenters. The van der Waals surface area contributed by atoms with Gasteiger partial charge in [-0.2, -0.15) is 0 Å². The summed E-state index contributed by atoms with van der Waals surface area (Å²) in [5.41, 5.74) is 4.66. The highest BCUT2D eigenvalue weighted by molar-refractivity contribution is 7.89. The minimum absolute atomic E-state index is 0.145. The van der Waals surface area contributed by atoms with Crippen LogP contribution in [0.15, 0.2) is 77.7 Å². The summed E-state index contributed by atoms with van der Waals surface area (Å²) in [6.45, 7) is 0. The molecule has 7 heteroatoms. The number of anilines is 2. The SMILES string of the molecule is O=S(=O)(N[C@@H]1CCCC(N2c3ccccc3CCc3ccccc32)[C@H]1O)c1ccc(Cl)cc1. The van der Waals surface area contributed by atoms with Gasteiger partial charge in [-0.25, -0.2) is 13.1 Å². The van der Waals surface area contributed by atoms with E-state index in [1.807, 2.05) is 24.3 Å². The summed E-state index contributed by atoms with van der Waals surface area (Å²) in [5.74, 6) is 0. The van der Waals surface area contributed by atoms with Crippen LogP contribution in [0.3, 0.4) is 0 Å². The lowest BCUT2D eigenvalue weighted by molar-refractivity contribution is 0.0812. The summed E-state index contributed by atoms with van der Waals surface area (Å²) in [7, 11) is -3.78. The van der Waals surface area contributed by atoms with Crippen molar-refractivity contribution in [3.63, 3.8) is 0 Å². The topological polar surface area (TPSA) is 69.6 Å². The van der Waals surface area contributed by atoms with Crippen LogP contribution >= 0.6 is 11.6 Å². The normalized spacial score (nSPS) is 22.8. The lowest BCUT2D eigenvalue weighted by atomic mass is 9.86. The number of nitrogens with one attached hydrogen (secondary N) is 1. The lowest BCUT2D eigenvalue weighted by Gasteiger charge is -2.43. The summed E-state index contributed by atoms with van der Waals surface area (Å²) in [6, 6.07) is 21.9. The number of halogens is 1. The average Bonchev–Trinajstić information content (AvgIpc) is 2.98. The molecule has 33 heavy (non-hydrogen) atoms. The molecule has 1 heterocycles. The van der Waals surface area contributed by atoms with Gasteiger partial charge in [0.15, 0.2) is 0 Å². The van der Waals surface area contributed by atoms with Crippen LogP contribution in [-0.2, 0) is 22.9 Å². The van der Waals surface area contributed by atoms with Crippen molar-refractivity contribution in [1.82, 2.24) is 4.72 Å². The molecule has 0 spiro atoms. The van der Waals surface area contributed by atoms with Crippen LogP contribution in [0.1, 0.15) is 30.4 Å². The van der Waals surface area contributed by atoms with E-state index in [0.29, 0.717) is 11.4 Å². The van der Waals surface area contributed by atoms with E-state index in [1.54, 1.807) is 12.1 Å². The molecule has 3 aromatic carbocycles. The van der Waals surface area contributed by atoms with Crippen LogP contribution in [0.4, 0.5) is 11.4 Å². The fourth-order valence-corrected chi connectivity index (χ4v) is 6.53. The summed E-state index contributed by atoms with van der Waals surface area (Å²) in [6.07, 6.45) is 3.18. The van der Waals surface area contributed by atoms with Gasteiger partial charge in [0.25, 0.3) is 0 Å². The fraction of sp³-hybridized carbons (Fsp3) is 0.308. The molecule has 0 radical (unpaired) electrons. The van der Waals surface area contributed by atoms with Crippen LogP contribution in [0.2, 0.25) is 5.02 Å². The van der Waals surface area contributed by atoms with Crippen LogP contribution in [0.5, 0.6) is 0 Å². The number of aliphatic hydroxyl groups excluding tert-OH is 1. The Morgan fingerprint density at radius 2 is 1.42 bits per heavy atom. The summed E-state index contributed by atoms with van der Waals surface area (Å²) in [5, 5.41) is 12.0. The maximum absolute atomic E-state index is 13.0. The highest BCUT2D eigenvalue weighted by Gasteiger charge is 2.39. The summed E-state index contributed by atoms with van der Waals surface area (Å²) >= 11 is 5.92. The third-order valence-corrected chi connectivity index (χ3v) is 8.51. The zero-order valence-electron chi connectivity index (χ0n) is 18.2. The minimum Gasteiger partial charge on any atom is -0.389 e. The molecule has 1 unspecified atom stereocenters. The number of hydrogen-bond acceptors (Lipinski definition) is 4. The van der Waals surface area contributed by atoms with Crippen LogP contribution in [-0.4, -0.2) is 31.7 Å². The van der Waals surface area contributed by atoms with Gasteiger partial charge in [-0.1, -0.05) is 48.0 Å². The van der Waals surface area contributed by atoms with E-state index in [9.17, 15) is 13.5 Å². The van der Waals surface area contributed by atoms with E-state index in [-0.39, 0.29) is 10.9 Å². The van der Waals surface area contributed by atoms with Gasteiger partial charge in [0, 0.05) is 16.4 Å². The Morgan fingerprint density at radius 1 is 0.848 bits per heavy atom. The van der Waals surface area contributed by atoms with E-state index in [2.05, 4.69) is 33.9 Å². The zero-order chi connectivity index (χ0) is 23.0. The molecule has 0 amide bonds. The lowest BCUT2D eigenvalue weighted by Crippen LogP contribution is -2.55. The smallest absolute Gasteiger partial charge is 0.240 e. The monoisotopic (exact) mass is 482 g/mol. The number of benzene rings is 3. The molecule has 0 saturated heterocycles.